The number of hydrogen-bond acceptors (Lipinski definition) is 9. The number of hydrogen-bond donors (Lipinski definition) is 2. The highest BCUT2D eigenvalue weighted by atomic mass is 16.6. The van der Waals surface area contributed by atoms with E-state index in [9.17, 15) is 9.59 Å². The molecule has 2 fully saturated rings. The topological polar surface area (TPSA) is 121 Å². The summed E-state index contributed by atoms with van der Waals surface area (Å²) in [5, 5.41) is 5.93. The monoisotopic (exact) mass is 552 g/mol. The fourth-order valence-electron chi connectivity index (χ4n) is 5.06. The number of nitrogens with zero attached hydrogens (tertiary/aromatic N) is 2. The Morgan fingerprint density at radius 3 is 2.34 bits per heavy atom. The van der Waals surface area contributed by atoms with Gasteiger partial charge in [0, 0.05) is 11.8 Å². The van der Waals surface area contributed by atoms with Crippen LogP contribution in [0.2, 0.25) is 0 Å². The van der Waals surface area contributed by atoms with E-state index in [0.717, 1.165) is 22.4 Å². The molecule has 41 heavy (non-hydrogen) atoms. The van der Waals surface area contributed by atoms with Gasteiger partial charge in [-0.25, -0.2) is 19.6 Å². The molecule has 208 valence electrons. The lowest BCUT2D eigenvalue weighted by atomic mass is 10.0. The average molecular weight is 553 g/mol. The number of esters is 1. The molecule has 0 aliphatic carbocycles. The lowest BCUT2D eigenvalue weighted by molar-refractivity contribution is 0.00916. The van der Waals surface area contributed by atoms with E-state index in [2.05, 4.69) is 39.9 Å². The van der Waals surface area contributed by atoms with Gasteiger partial charge in [0.15, 0.2) is 6.10 Å². The lowest BCUT2D eigenvalue weighted by Crippen LogP contribution is -2.38. The van der Waals surface area contributed by atoms with Crippen molar-refractivity contribution in [3.8, 4) is 22.4 Å². The summed E-state index contributed by atoms with van der Waals surface area (Å²) in [5.41, 5.74) is 4.56. The number of fused-ring (bicyclic) bond motifs is 1. The van der Waals surface area contributed by atoms with Gasteiger partial charge in [0.25, 0.3) is 0 Å². The van der Waals surface area contributed by atoms with Crippen LogP contribution >= 0.6 is 0 Å². The van der Waals surface area contributed by atoms with Crippen molar-refractivity contribution in [1.29, 1.82) is 0 Å². The predicted molar refractivity (Wildman–Crippen MR) is 151 cm³/mol. The predicted octanol–water partition coefficient (Wildman–Crippen LogP) is 4.79. The van der Waals surface area contributed by atoms with Crippen molar-refractivity contribution in [2.24, 2.45) is 0 Å². The molecule has 10 heteroatoms. The van der Waals surface area contributed by atoms with Crippen molar-refractivity contribution >= 4 is 23.7 Å². The first-order chi connectivity index (χ1) is 20.1. The van der Waals surface area contributed by atoms with Crippen molar-refractivity contribution in [3.63, 3.8) is 0 Å². The molecular formula is C31H28N4O6. The molecule has 3 aromatic carbocycles. The molecule has 2 saturated heterocycles. The number of methoxy groups -OCH3 is 1. The fraction of sp³-hybridized carbons (Fsp3) is 0.226. The van der Waals surface area contributed by atoms with Crippen LogP contribution in [0.15, 0.2) is 91.1 Å². The van der Waals surface area contributed by atoms with Crippen LogP contribution in [0.5, 0.6) is 0 Å². The molecule has 2 N–H and O–H groups in total. The first-order valence-electron chi connectivity index (χ1n) is 13.2. The zero-order valence-corrected chi connectivity index (χ0v) is 22.2. The second-order valence-corrected chi connectivity index (χ2v) is 9.66. The van der Waals surface area contributed by atoms with Crippen molar-refractivity contribution < 1.29 is 28.5 Å². The molecule has 2 aliphatic rings. The van der Waals surface area contributed by atoms with E-state index in [0.29, 0.717) is 18.2 Å². The van der Waals surface area contributed by atoms with Crippen LogP contribution in [0, 0.1) is 0 Å². The Kier molecular flexibility index (Phi) is 7.57. The van der Waals surface area contributed by atoms with Crippen LogP contribution in [-0.2, 0) is 18.9 Å². The average Bonchev–Trinajstić information content (AvgIpc) is 3.60. The van der Waals surface area contributed by atoms with E-state index in [1.807, 2.05) is 36.4 Å². The number of anilines is 2. The van der Waals surface area contributed by atoms with Crippen LogP contribution in [0.4, 0.5) is 16.4 Å². The zero-order valence-electron chi connectivity index (χ0n) is 22.2. The molecule has 10 nitrogen and oxygen atoms in total. The summed E-state index contributed by atoms with van der Waals surface area (Å²) in [6.07, 6.45) is -0.436. The van der Waals surface area contributed by atoms with E-state index < -0.39 is 24.3 Å². The molecule has 1 aromatic heterocycles. The maximum Gasteiger partial charge on any atom is 0.412 e. The second-order valence-electron chi connectivity index (χ2n) is 9.66. The standard InChI is InChI=1S/C31H28N4O6/c1-38-29(36)22-9-5-6-10-24(22)35-31(37)41-26-18-40-27-25(17-39-28(26)27)34-30-32-16-15-23(33-30)21-13-11-20(12-14-21)19-7-3-2-4-8-19/h2-16,25-28H,17-18H2,1H3,(H,35,37)(H,32,33,34)/t25-,26+,27+,28+/m0/s1. The highest BCUT2D eigenvalue weighted by Crippen LogP contribution is 2.31. The van der Waals surface area contributed by atoms with Crippen molar-refractivity contribution in [2.75, 3.05) is 31.0 Å². The molecule has 0 unspecified atom stereocenters. The number of carbonyl (C=O) groups is 2. The van der Waals surface area contributed by atoms with Gasteiger partial charge in [0.2, 0.25) is 5.95 Å². The smallest absolute Gasteiger partial charge is 0.412 e. The Bertz CT molecular complexity index is 1530. The summed E-state index contributed by atoms with van der Waals surface area (Å²) in [6, 6.07) is 26.6. The van der Waals surface area contributed by atoms with Crippen LogP contribution in [-0.4, -0.2) is 66.7 Å². The van der Waals surface area contributed by atoms with E-state index in [1.165, 1.54) is 7.11 Å². The summed E-state index contributed by atoms with van der Waals surface area (Å²) in [6.45, 7) is 0.510. The minimum Gasteiger partial charge on any atom is -0.465 e. The number of benzene rings is 3. The minimum absolute atomic E-state index is 0.175. The summed E-state index contributed by atoms with van der Waals surface area (Å²) in [5.74, 6) is -0.109. The molecular weight excluding hydrogens is 524 g/mol. The Balaban J connectivity index is 1.07. The fourth-order valence-corrected chi connectivity index (χ4v) is 5.06. The Hall–Kier alpha value is -4.80. The van der Waals surface area contributed by atoms with Gasteiger partial charge in [-0.05, 0) is 29.3 Å². The van der Waals surface area contributed by atoms with Gasteiger partial charge in [-0.2, -0.15) is 0 Å². The molecule has 0 bridgehead atoms. The quantitative estimate of drug-likeness (QED) is 0.312. The number of ether oxygens (including phenoxy) is 4. The van der Waals surface area contributed by atoms with E-state index in [4.69, 9.17) is 23.9 Å². The molecule has 3 heterocycles. The van der Waals surface area contributed by atoms with Crippen LogP contribution in [0.25, 0.3) is 22.4 Å². The zero-order chi connectivity index (χ0) is 28.2. The van der Waals surface area contributed by atoms with Crippen LogP contribution < -0.4 is 10.6 Å². The van der Waals surface area contributed by atoms with Gasteiger partial charge in [0.1, 0.15) is 12.2 Å². The summed E-state index contributed by atoms with van der Waals surface area (Å²) >= 11 is 0. The van der Waals surface area contributed by atoms with Crippen LogP contribution in [0.1, 0.15) is 10.4 Å². The molecule has 2 aliphatic heterocycles. The number of aromatic nitrogens is 2. The molecule has 0 saturated carbocycles. The third-order valence-corrected chi connectivity index (χ3v) is 7.09. The van der Waals surface area contributed by atoms with Crippen molar-refractivity contribution in [3.05, 3.63) is 96.7 Å². The first kappa shape index (κ1) is 26.4. The van der Waals surface area contributed by atoms with Gasteiger partial charge in [-0.15, -0.1) is 0 Å². The molecule has 4 atom stereocenters. The van der Waals surface area contributed by atoms with E-state index in [-0.39, 0.29) is 24.3 Å². The van der Waals surface area contributed by atoms with Gasteiger partial charge in [-0.3, -0.25) is 5.32 Å². The van der Waals surface area contributed by atoms with Crippen molar-refractivity contribution in [1.82, 2.24) is 9.97 Å². The largest absolute Gasteiger partial charge is 0.465 e. The summed E-state index contributed by atoms with van der Waals surface area (Å²) < 4.78 is 22.3. The molecule has 6 rings (SSSR count). The number of para-hydroxylation sites is 1. The number of rotatable bonds is 7. The Morgan fingerprint density at radius 2 is 1.54 bits per heavy atom. The minimum atomic E-state index is -0.718. The number of nitrogens with one attached hydrogen (secondary N) is 2. The Labute approximate surface area is 236 Å². The number of carbonyl (C=O) groups excluding carboxylic acids is 2. The van der Waals surface area contributed by atoms with E-state index >= 15 is 0 Å². The lowest BCUT2D eigenvalue weighted by Gasteiger charge is -2.18. The maximum atomic E-state index is 12.6. The van der Waals surface area contributed by atoms with Gasteiger partial charge >= 0.3 is 12.1 Å². The Morgan fingerprint density at radius 1 is 0.829 bits per heavy atom. The number of amides is 1. The van der Waals surface area contributed by atoms with Crippen molar-refractivity contribution in [2.45, 2.75) is 24.4 Å². The van der Waals surface area contributed by atoms with Gasteiger partial charge in [0.05, 0.1) is 43.3 Å². The van der Waals surface area contributed by atoms with Gasteiger partial charge < -0.3 is 24.3 Å². The third kappa shape index (κ3) is 5.74. The molecule has 0 spiro atoms. The molecule has 0 radical (unpaired) electrons. The third-order valence-electron chi connectivity index (χ3n) is 7.09. The van der Waals surface area contributed by atoms with E-state index in [1.54, 1.807) is 30.5 Å². The van der Waals surface area contributed by atoms with Gasteiger partial charge in [-0.1, -0.05) is 66.7 Å². The SMILES string of the molecule is COC(=O)c1ccccc1NC(=O)O[C@@H]1CO[C@H]2[C@@H]1OC[C@@H]2Nc1nccc(-c2ccc(-c3ccccc3)cc2)n1. The summed E-state index contributed by atoms with van der Waals surface area (Å²) in [7, 11) is 1.28. The first-order valence-corrected chi connectivity index (χ1v) is 13.2. The normalized spacial score (nSPS) is 21.1. The van der Waals surface area contributed by atoms with Crippen LogP contribution in [0.3, 0.4) is 0 Å². The summed E-state index contributed by atoms with van der Waals surface area (Å²) in [4.78, 5) is 33.7. The maximum absolute atomic E-state index is 12.6. The highest BCUT2D eigenvalue weighted by molar-refractivity contribution is 5.99. The molecule has 4 aromatic rings. The second kappa shape index (κ2) is 11.7. The molecule has 1 amide bonds. The highest BCUT2D eigenvalue weighted by Gasteiger charge is 2.49.